The van der Waals surface area contributed by atoms with Gasteiger partial charge in [-0.2, -0.15) is 0 Å². The lowest BCUT2D eigenvalue weighted by molar-refractivity contribution is -0.167. The lowest BCUT2D eigenvalue weighted by Crippen LogP contribution is -1.75. The highest BCUT2D eigenvalue weighted by atomic mass is 17.2. The molecule has 0 atom stereocenters. The Labute approximate surface area is 48.7 Å². The van der Waals surface area contributed by atoms with Gasteiger partial charge in [0, 0.05) is 13.8 Å². The molecule has 2 heteroatoms. The molecular weight excluding hydrogens is 104 g/mol. The Balaban J connectivity index is 3.10. The van der Waals surface area contributed by atoms with Gasteiger partial charge in [-0.3, -0.25) is 0 Å². The normalized spacial score (nSPS) is 4.75. The summed E-state index contributed by atoms with van der Waals surface area (Å²) in [7, 11) is 0. The van der Waals surface area contributed by atoms with E-state index in [-0.39, 0.29) is 0 Å². The molecule has 0 saturated carbocycles. The van der Waals surface area contributed by atoms with Crippen molar-refractivity contribution in [3.05, 3.63) is 0 Å². The van der Waals surface area contributed by atoms with Crippen molar-refractivity contribution in [2.45, 2.75) is 13.8 Å². The van der Waals surface area contributed by atoms with Crippen LogP contribution in [0.15, 0.2) is 0 Å². The molecule has 42 valence electrons. The summed E-state index contributed by atoms with van der Waals surface area (Å²) in [5.74, 6) is 4.92. The van der Waals surface area contributed by atoms with E-state index in [2.05, 4.69) is 33.8 Å². The third-order valence-electron chi connectivity index (χ3n) is 0.329. The van der Waals surface area contributed by atoms with E-state index in [1.54, 1.807) is 13.8 Å². The lowest BCUT2D eigenvalue weighted by Gasteiger charge is -1.81. The van der Waals surface area contributed by atoms with Crippen molar-refractivity contribution in [3.8, 4) is 24.1 Å². The van der Waals surface area contributed by atoms with Crippen LogP contribution in [0.4, 0.5) is 0 Å². The Bertz CT molecular complexity index is 131. The smallest absolute Gasteiger partial charge is 0.171 e. The van der Waals surface area contributed by atoms with Gasteiger partial charge in [-0.15, -0.1) is 0 Å². The van der Waals surface area contributed by atoms with Gasteiger partial charge in [0.25, 0.3) is 0 Å². The quantitative estimate of drug-likeness (QED) is 0.216. The van der Waals surface area contributed by atoms with Crippen LogP contribution < -0.4 is 0 Å². The van der Waals surface area contributed by atoms with E-state index in [0.29, 0.717) is 0 Å². The van der Waals surface area contributed by atoms with Gasteiger partial charge in [0.2, 0.25) is 0 Å². The van der Waals surface area contributed by atoms with Gasteiger partial charge in [-0.05, 0) is 0 Å². The summed E-state index contributed by atoms with van der Waals surface area (Å²) in [6, 6.07) is 0. The average molecular weight is 110 g/mol. The van der Waals surface area contributed by atoms with Crippen molar-refractivity contribution in [1.82, 2.24) is 0 Å². The molecule has 0 spiro atoms. The summed E-state index contributed by atoms with van der Waals surface area (Å²) in [6.45, 7) is 3.28. The topological polar surface area (TPSA) is 18.5 Å². The monoisotopic (exact) mass is 110 g/mol. The maximum atomic E-state index is 4.19. The van der Waals surface area contributed by atoms with Crippen LogP contribution in [0.25, 0.3) is 0 Å². The van der Waals surface area contributed by atoms with Crippen molar-refractivity contribution in [2.24, 2.45) is 0 Å². The molecule has 0 aliphatic carbocycles. The minimum Gasteiger partial charge on any atom is -0.224 e. The van der Waals surface area contributed by atoms with Gasteiger partial charge in [-0.1, -0.05) is 11.8 Å². The fourth-order valence-corrected chi connectivity index (χ4v) is 0.125. The SMILES string of the molecule is CC#COOC#CC. The molecule has 0 aromatic carbocycles. The van der Waals surface area contributed by atoms with E-state index in [4.69, 9.17) is 0 Å². The highest BCUT2D eigenvalue weighted by Gasteiger charge is 1.64. The van der Waals surface area contributed by atoms with Gasteiger partial charge < -0.3 is 0 Å². The zero-order chi connectivity index (χ0) is 6.24. The van der Waals surface area contributed by atoms with Crippen molar-refractivity contribution in [2.75, 3.05) is 0 Å². The third kappa shape index (κ3) is 4.72. The molecule has 0 bridgehead atoms. The first-order valence-corrected chi connectivity index (χ1v) is 2.07. The molecule has 0 N–H and O–H groups in total. The molecular formula is C6H6O2. The van der Waals surface area contributed by atoms with E-state index in [9.17, 15) is 0 Å². The van der Waals surface area contributed by atoms with E-state index in [1.807, 2.05) is 0 Å². The predicted molar refractivity (Wildman–Crippen MR) is 29.1 cm³/mol. The molecule has 0 aliphatic heterocycles. The number of rotatable bonds is 1. The maximum Gasteiger partial charge on any atom is 0.171 e. The zero-order valence-corrected chi connectivity index (χ0v) is 4.82. The molecule has 0 unspecified atom stereocenters. The summed E-state index contributed by atoms with van der Waals surface area (Å²) in [5, 5.41) is 0. The largest absolute Gasteiger partial charge is 0.224 e. The van der Waals surface area contributed by atoms with E-state index in [0.717, 1.165) is 0 Å². The van der Waals surface area contributed by atoms with Gasteiger partial charge in [0.05, 0.1) is 0 Å². The molecule has 0 rings (SSSR count). The van der Waals surface area contributed by atoms with Crippen LogP contribution in [0.2, 0.25) is 0 Å². The summed E-state index contributed by atoms with van der Waals surface area (Å²) < 4.78 is 0. The summed E-state index contributed by atoms with van der Waals surface area (Å²) >= 11 is 0. The van der Waals surface area contributed by atoms with Crippen LogP contribution in [-0.2, 0) is 9.78 Å². The van der Waals surface area contributed by atoms with Crippen molar-refractivity contribution in [1.29, 1.82) is 0 Å². The molecule has 0 aliphatic rings. The lowest BCUT2D eigenvalue weighted by atomic mass is 10.8. The molecule has 8 heavy (non-hydrogen) atoms. The fourth-order valence-electron chi connectivity index (χ4n) is 0.125. The first-order valence-electron chi connectivity index (χ1n) is 2.07. The molecule has 2 nitrogen and oxygen atoms in total. The number of hydrogen-bond donors (Lipinski definition) is 0. The van der Waals surface area contributed by atoms with Crippen molar-refractivity contribution < 1.29 is 9.78 Å². The van der Waals surface area contributed by atoms with Crippen LogP contribution in [0, 0.1) is 24.1 Å². The van der Waals surface area contributed by atoms with Crippen LogP contribution in [0.3, 0.4) is 0 Å². The number of hydrogen-bond acceptors (Lipinski definition) is 2. The molecule has 0 saturated heterocycles. The average Bonchev–Trinajstić information content (AvgIpc) is 1.81. The Morgan fingerprint density at radius 3 is 1.50 bits per heavy atom. The Hall–Kier alpha value is -1.28. The molecule has 0 heterocycles. The Kier molecular flexibility index (Phi) is 4.80. The highest BCUT2D eigenvalue weighted by Crippen LogP contribution is 1.68. The van der Waals surface area contributed by atoms with Gasteiger partial charge in [-0.25, -0.2) is 9.78 Å². The second-order valence-corrected chi connectivity index (χ2v) is 0.871. The van der Waals surface area contributed by atoms with Crippen molar-refractivity contribution in [3.63, 3.8) is 0 Å². The minimum absolute atomic E-state index is 1.64. The molecule has 0 aromatic heterocycles. The zero-order valence-electron chi connectivity index (χ0n) is 4.82. The third-order valence-corrected chi connectivity index (χ3v) is 0.329. The second kappa shape index (κ2) is 5.72. The minimum atomic E-state index is 1.64. The van der Waals surface area contributed by atoms with E-state index in [1.165, 1.54) is 0 Å². The van der Waals surface area contributed by atoms with Crippen LogP contribution in [-0.4, -0.2) is 0 Å². The summed E-state index contributed by atoms with van der Waals surface area (Å²) in [6.07, 6.45) is 4.42. The summed E-state index contributed by atoms with van der Waals surface area (Å²) in [5.41, 5.74) is 0. The maximum absolute atomic E-state index is 4.19. The standard InChI is InChI=1S/C6H6O2/c1-3-5-7-8-6-4-2/h1-2H3. The summed E-state index contributed by atoms with van der Waals surface area (Å²) in [4.78, 5) is 8.38. The van der Waals surface area contributed by atoms with E-state index >= 15 is 0 Å². The predicted octanol–water partition coefficient (Wildman–Crippen LogP) is 0.896. The van der Waals surface area contributed by atoms with E-state index < -0.39 is 0 Å². The van der Waals surface area contributed by atoms with Crippen LogP contribution in [0.5, 0.6) is 0 Å². The Morgan fingerprint density at radius 2 is 1.25 bits per heavy atom. The van der Waals surface area contributed by atoms with Crippen LogP contribution in [0.1, 0.15) is 13.8 Å². The molecule has 0 radical (unpaired) electrons. The van der Waals surface area contributed by atoms with Gasteiger partial charge in [0.15, 0.2) is 12.2 Å². The fraction of sp³-hybridized carbons (Fsp3) is 0.333. The van der Waals surface area contributed by atoms with Gasteiger partial charge in [0.1, 0.15) is 0 Å². The molecule has 0 amide bonds. The first kappa shape index (κ1) is 6.72. The highest BCUT2D eigenvalue weighted by molar-refractivity contribution is 4.86. The molecule has 0 fully saturated rings. The molecule has 0 aromatic rings. The van der Waals surface area contributed by atoms with Crippen LogP contribution >= 0.6 is 0 Å². The van der Waals surface area contributed by atoms with Crippen molar-refractivity contribution >= 4 is 0 Å². The second-order valence-electron chi connectivity index (χ2n) is 0.871. The first-order chi connectivity index (χ1) is 3.91. The Morgan fingerprint density at radius 1 is 0.875 bits per heavy atom. The van der Waals surface area contributed by atoms with Gasteiger partial charge >= 0.3 is 0 Å².